The molecule has 0 fully saturated rings. The Morgan fingerprint density at radius 2 is 1.69 bits per heavy atom. The number of anilines is 1. The second-order valence-electron chi connectivity index (χ2n) is 2.97. The van der Waals surface area contributed by atoms with E-state index < -0.39 is 0 Å². The molecular formula is C10H9Cl2N. The zero-order valence-electron chi connectivity index (χ0n) is 7.00. The highest BCUT2D eigenvalue weighted by Gasteiger charge is 2.08. The maximum Gasteiger partial charge on any atom is 0.0612 e. The molecule has 0 spiro atoms. The minimum Gasteiger partial charge on any atom is -0.364 e. The Hall–Kier alpha value is -0.660. The van der Waals surface area contributed by atoms with Crippen molar-refractivity contribution >= 4 is 28.9 Å². The van der Waals surface area contributed by atoms with E-state index >= 15 is 0 Å². The lowest BCUT2D eigenvalue weighted by molar-refractivity contribution is 1.01. The summed E-state index contributed by atoms with van der Waals surface area (Å²) in [6.07, 6.45) is 4.28. The number of halogens is 2. The first kappa shape index (κ1) is 8.92. The summed E-state index contributed by atoms with van der Waals surface area (Å²) in [5.41, 5.74) is 1.12. The van der Waals surface area contributed by atoms with Crippen molar-refractivity contribution in [2.75, 3.05) is 18.0 Å². The largest absolute Gasteiger partial charge is 0.364 e. The Labute approximate surface area is 87.6 Å². The van der Waals surface area contributed by atoms with Crippen LogP contribution in [-0.4, -0.2) is 13.1 Å². The topological polar surface area (TPSA) is 3.24 Å². The lowest BCUT2D eigenvalue weighted by Gasteiger charge is -2.17. The minimum atomic E-state index is 0.609. The van der Waals surface area contributed by atoms with Gasteiger partial charge in [0.15, 0.2) is 0 Å². The van der Waals surface area contributed by atoms with Gasteiger partial charge in [0.25, 0.3) is 0 Å². The summed E-state index contributed by atoms with van der Waals surface area (Å²) < 4.78 is 0. The van der Waals surface area contributed by atoms with Gasteiger partial charge in [0, 0.05) is 18.8 Å². The van der Waals surface area contributed by atoms with Crippen molar-refractivity contribution in [3.8, 4) is 0 Å². The summed E-state index contributed by atoms with van der Waals surface area (Å²) in [4.78, 5) is 2.22. The van der Waals surface area contributed by atoms with Gasteiger partial charge in [-0.25, -0.2) is 0 Å². The molecule has 0 bridgehead atoms. The third kappa shape index (κ3) is 1.82. The van der Waals surface area contributed by atoms with Gasteiger partial charge in [-0.15, -0.1) is 0 Å². The highest BCUT2D eigenvalue weighted by atomic mass is 35.5. The maximum atomic E-state index is 5.91. The molecule has 1 nitrogen and oxygen atoms in total. The SMILES string of the molecule is Clc1ccc(N2CC=CC2)cc1Cl. The first-order valence-electron chi connectivity index (χ1n) is 4.12. The zero-order valence-corrected chi connectivity index (χ0v) is 8.52. The number of nitrogens with zero attached hydrogens (tertiary/aromatic N) is 1. The lowest BCUT2D eigenvalue weighted by atomic mass is 10.3. The van der Waals surface area contributed by atoms with Gasteiger partial charge in [-0.05, 0) is 18.2 Å². The van der Waals surface area contributed by atoms with Crippen LogP contribution in [-0.2, 0) is 0 Å². The van der Waals surface area contributed by atoms with E-state index in [0.29, 0.717) is 10.0 Å². The van der Waals surface area contributed by atoms with Gasteiger partial charge in [0.1, 0.15) is 0 Å². The van der Waals surface area contributed by atoms with Crippen molar-refractivity contribution in [3.63, 3.8) is 0 Å². The first-order chi connectivity index (χ1) is 6.27. The lowest BCUT2D eigenvalue weighted by Crippen LogP contribution is -2.18. The third-order valence-corrected chi connectivity index (χ3v) is 2.83. The van der Waals surface area contributed by atoms with Crippen LogP contribution in [0.1, 0.15) is 0 Å². The fourth-order valence-corrected chi connectivity index (χ4v) is 1.66. The van der Waals surface area contributed by atoms with E-state index in [-0.39, 0.29) is 0 Å². The van der Waals surface area contributed by atoms with Crippen molar-refractivity contribution in [2.24, 2.45) is 0 Å². The summed E-state index contributed by atoms with van der Waals surface area (Å²) in [6, 6.07) is 5.72. The summed E-state index contributed by atoms with van der Waals surface area (Å²) in [5, 5.41) is 1.23. The molecule has 2 rings (SSSR count). The van der Waals surface area contributed by atoms with Gasteiger partial charge >= 0.3 is 0 Å². The summed E-state index contributed by atoms with van der Waals surface area (Å²) in [6.45, 7) is 1.91. The van der Waals surface area contributed by atoms with Crippen LogP contribution >= 0.6 is 23.2 Å². The van der Waals surface area contributed by atoms with Crippen molar-refractivity contribution in [3.05, 3.63) is 40.4 Å². The molecule has 1 aromatic rings. The monoisotopic (exact) mass is 213 g/mol. The van der Waals surface area contributed by atoms with Gasteiger partial charge < -0.3 is 4.90 Å². The van der Waals surface area contributed by atoms with Crippen LogP contribution in [0.3, 0.4) is 0 Å². The van der Waals surface area contributed by atoms with Crippen LogP contribution < -0.4 is 4.90 Å². The average molecular weight is 214 g/mol. The van der Waals surface area contributed by atoms with Crippen LogP contribution in [0.2, 0.25) is 10.0 Å². The molecule has 3 heteroatoms. The maximum absolute atomic E-state index is 5.91. The molecule has 0 unspecified atom stereocenters. The van der Waals surface area contributed by atoms with Crippen molar-refractivity contribution < 1.29 is 0 Å². The smallest absolute Gasteiger partial charge is 0.0612 e. The van der Waals surface area contributed by atoms with Gasteiger partial charge in [-0.1, -0.05) is 35.4 Å². The zero-order chi connectivity index (χ0) is 9.26. The molecule has 0 saturated carbocycles. The van der Waals surface area contributed by atoms with E-state index in [9.17, 15) is 0 Å². The second-order valence-corrected chi connectivity index (χ2v) is 3.79. The molecule has 1 aliphatic heterocycles. The molecule has 1 aromatic carbocycles. The molecular weight excluding hydrogens is 205 g/mol. The quantitative estimate of drug-likeness (QED) is 0.648. The predicted molar refractivity (Wildman–Crippen MR) is 57.8 cm³/mol. The Morgan fingerprint density at radius 1 is 1.00 bits per heavy atom. The normalized spacial score (nSPS) is 15.4. The Balaban J connectivity index is 2.26. The number of rotatable bonds is 1. The van der Waals surface area contributed by atoms with E-state index in [4.69, 9.17) is 23.2 Å². The highest BCUT2D eigenvalue weighted by Crippen LogP contribution is 2.27. The molecule has 0 N–H and O–H groups in total. The van der Waals surface area contributed by atoms with Crippen molar-refractivity contribution in [2.45, 2.75) is 0 Å². The minimum absolute atomic E-state index is 0.609. The van der Waals surface area contributed by atoms with Gasteiger partial charge in [0.05, 0.1) is 10.0 Å². The predicted octanol–water partition coefficient (Wildman–Crippen LogP) is 3.37. The molecule has 1 aliphatic rings. The van der Waals surface area contributed by atoms with Gasteiger partial charge in [-0.3, -0.25) is 0 Å². The first-order valence-corrected chi connectivity index (χ1v) is 4.88. The fraction of sp³-hybridized carbons (Fsp3) is 0.200. The molecule has 0 radical (unpaired) electrons. The second kappa shape index (κ2) is 3.60. The van der Waals surface area contributed by atoms with Crippen molar-refractivity contribution in [1.29, 1.82) is 0 Å². The van der Waals surface area contributed by atoms with E-state index in [1.54, 1.807) is 0 Å². The third-order valence-electron chi connectivity index (χ3n) is 2.09. The van der Waals surface area contributed by atoms with Gasteiger partial charge in [-0.2, -0.15) is 0 Å². The highest BCUT2D eigenvalue weighted by molar-refractivity contribution is 6.42. The molecule has 1 heterocycles. The average Bonchev–Trinajstić information content (AvgIpc) is 2.62. The van der Waals surface area contributed by atoms with Crippen LogP contribution in [0.25, 0.3) is 0 Å². The fourth-order valence-electron chi connectivity index (χ4n) is 1.37. The Kier molecular flexibility index (Phi) is 2.47. The van der Waals surface area contributed by atoms with Crippen molar-refractivity contribution in [1.82, 2.24) is 0 Å². The summed E-state index contributed by atoms with van der Waals surface area (Å²) >= 11 is 11.7. The van der Waals surface area contributed by atoms with Crippen LogP contribution in [0.4, 0.5) is 5.69 Å². The van der Waals surface area contributed by atoms with Crippen LogP contribution in [0, 0.1) is 0 Å². The molecule has 0 amide bonds. The summed E-state index contributed by atoms with van der Waals surface area (Å²) in [7, 11) is 0. The van der Waals surface area contributed by atoms with Gasteiger partial charge in [0.2, 0.25) is 0 Å². The van der Waals surface area contributed by atoms with E-state index in [2.05, 4.69) is 17.1 Å². The van der Waals surface area contributed by atoms with Crippen LogP contribution in [0.5, 0.6) is 0 Å². The standard InChI is InChI=1S/C10H9Cl2N/c11-9-4-3-8(7-10(9)12)13-5-1-2-6-13/h1-4,7H,5-6H2. The molecule has 0 atom stereocenters. The number of hydrogen-bond acceptors (Lipinski definition) is 1. The summed E-state index contributed by atoms with van der Waals surface area (Å²) in [5.74, 6) is 0. The Morgan fingerprint density at radius 3 is 2.31 bits per heavy atom. The number of benzene rings is 1. The van der Waals surface area contributed by atoms with E-state index in [0.717, 1.165) is 18.8 Å². The Bertz CT molecular complexity index is 339. The van der Waals surface area contributed by atoms with Crippen LogP contribution in [0.15, 0.2) is 30.4 Å². The van der Waals surface area contributed by atoms with E-state index in [1.165, 1.54) is 0 Å². The molecule has 13 heavy (non-hydrogen) atoms. The molecule has 68 valence electrons. The van der Waals surface area contributed by atoms with E-state index in [1.807, 2.05) is 18.2 Å². The molecule has 0 saturated heterocycles. The molecule has 0 aromatic heterocycles. The number of hydrogen-bond donors (Lipinski definition) is 0. The molecule has 0 aliphatic carbocycles.